The Morgan fingerprint density at radius 3 is 1.88 bits per heavy atom. The lowest BCUT2D eigenvalue weighted by Crippen LogP contribution is -2.70. The smallest absolute Gasteiger partial charge is 0.362 e. The average molecular weight is 386 g/mol. The molecule has 2 rings (SSSR count). The van der Waals surface area contributed by atoms with Gasteiger partial charge in [0.25, 0.3) is 6.47 Å². The van der Waals surface area contributed by atoms with Crippen molar-refractivity contribution < 1.29 is 64.6 Å². The summed E-state index contributed by atoms with van der Waals surface area (Å²) in [7, 11) is 0. The number of carbonyl (C=O) groups excluding carboxylic acids is 1. The zero-order chi connectivity index (χ0) is 19.7. The molecule has 152 valence electrons. The van der Waals surface area contributed by atoms with Crippen molar-refractivity contribution in [2.45, 2.75) is 54.5 Å². The van der Waals surface area contributed by atoms with E-state index in [4.69, 9.17) is 19.3 Å². The highest BCUT2D eigenvalue weighted by Gasteiger charge is 2.65. The summed E-state index contributed by atoms with van der Waals surface area (Å²) in [4.78, 5) is 10.9. The minimum absolute atomic E-state index is 0.256. The van der Waals surface area contributed by atoms with Crippen LogP contribution in [0, 0.1) is 0 Å². The Kier molecular flexibility index (Phi) is 6.53. The van der Waals surface area contributed by atoms with E-state index < -0.39 is 74.3 Å². The molecule has 13 heteroatoms. The second-order valence-corrected chi connectivity index (χ2v) is 5.93. The number of ether oxygens (including phenoxy) is 4. The number of carbonyl (C=O) groups is 1. The molecular weight excluding hydrogens is 364 g/mol. The first-order valence-corrected chi connectivity index (χ1v) is 7.62. The highest BCUT2D eigenvalue weighted by atomic mass is 16.9. The molecule has 2 saturated heterocycles. The van der Waals surface area contributed by atoms with E-state index in [1.807, 2.05) is 0 Å². The van der Waals surface area contributed by atoms with Gasteiger partial charge >= 0.3 is 5.97 Å². The van der Waals surface area contributed by atoms with Crippen molar-refractivity contribution in [2.75, 3.05) is 19.8 Å². The van der Waals surface area contributed by atoms with E-state index in [-0.39, 0.29) is 6.47 Å². The van der Waals surface area contributed by atoms with E-state index in [2.05, 4.69) is 4.74 Å². The van der Waals surface area contributed by atoms with E-state index in [9.17, 15) is 40.5 Å². The van der Waals surface area contributed by atoms with Crippen LogP contribution in [-0.2, 0) is 23.7 Å². The van der Waals surface area contributed by atoms with Crippen molar-refractivity contribution in [3.63, 3.8) is 0 Å². The second kappa shape index (κ2) is 7.95. The van der Waals surface area contributed by atoms with Gasteiger partial charge in [0.15, 0.2) is 6.10 Å². The predicted molar refractivity (Wildman–Crippen MR) is 74.7 cm³/mol. The fraction of sp³-hybridized carbons (Fsp3) is 0.923. The van der Waals surface area contributed by atoms with Crippen LogP contribution < -0.4 is 0 Å². The third kappa shape index (κ3) is 3.32. The summed E-state index contributed by atoms with van der Waals surface area (Å²) in [5, 5.41) is 77.9. The summed E-state index contributed by atoms with van der Waals surface area (Å²) >= 11 is 0. The van der Waals surface area contributed by atoms with Crippen molar-refractivity contribution in [2.24, 2.45) is 0 Å². The first-order valence-electron chi connectivity index (χ1n) is 7.62. The second-order valence-electron chi connectivity index (χ2n) is 5.93. The Labute approximate surface area is 146 Å². The van der Waals surface area contributed by atoms with E-state index in [0.29, 0.717) is 0 Å². The highest BCUT2D eigenvalue weighted by Crippen LogP contribution is 2.41. The Morgan fingerprint density at radius 1 is 0.846 bits per heavy atom. The zero-order valence-electron chi connectivity index (χ0n) is 13.4. The number of hydrogen-bond donors (Lipinski definition) is 8. The van der Waals surface area contributed by atoms with E-state index in [0.717, 1.165) is 0 Å². The summed E-state index contributed by atoms with van der Waals surface area (Å²) in [6.45, 7) is -3.09. The van der Waals surface area contributed by atoms with Crippen LogP contribution in [0.15, 0.2) is 0 Å². The molecule has 0 aliphatic carbocycles. The van der Waals surface area contributed by atoms with Gasteiger partial charge in [-0.1, -0.05) is 0 Å². The summed E-state index contributed by atoms with van der Waals surface area (Å²) in [5.74, 6) is -5.47. The maximum Gasteiger partial charge on any atom is 0.362 e. The Morgan fingerprint density at radius 2 is 1.42 bits per heavy atom. The lowest BCUT2D eigenvalue weighted by molar-refractivity contribution is -0.496. The van der Waals surface area contributed by atoms with Crippen LogP contribution in [0.3, 0.4) is 0 Å². The normalized spacial score (nSPS) is 49.2. The van der Waals surface area contributed by atoms with Gasteiger partial charge in [-0.25, -0.2) is 0 Å². The monoisotopic (exact) mass is 386 g/mol. The van der Waals surface area contributed by atoms with Crippen molar-refractivity contribution in [3.05, 3.63) is 0 Å². The van der Waals surface area contributed by atoms with Crippen LogP contribution in [0.25, 0.3) is 0 Å². The van der Waals surface area contributed by atoms with Gasteiger partial charge in [-0.2, -0.15) is 0 Å². The van der Waals surface area contributed by atoms with Crippen LogP contribution in [0.4, 0.5) is 0 Å². The van der Waals surface area contributed by atoms with Crippen LogP contribution in [0.2, 0.25) is 0 Å². The molecule has 0 saturated carbocycles. The Balaban J connectivity index is 2.41. The molecule has 2 aliphatic heterocycles. The maximum atomic E-state index is 10.9. The van der Waals surface area contributed by atoms with Crippen molar-refractivity contribution >= 4 is 6.47 Å². The fourth-order valence-corrected chi connectivity index (χ4v) is 2.88. The highest BCUT2D eigenvalue weighted by molar-refractivity contribution is 5.38. The predicted octanol–water partition coefficient (Wildman–Crippen LogP) is -5.89. The largest absolute Gasteiger partial charge is 0.408 e. The Bertz CT molecular complexity index is 489. The van der Waals surface area contributed by atoms with Gasteiger partial charge in [-0.05, 0) is 0 Å². The summed E-state index contributed by atoms with van der Waals surface area (Å²) in [6, 6.07) is 0. The third-order valence-electron chi connectivity index (χ3n) is 4.35. The molecule has 2 fully saturated rings. The Hall–Kier alpha value is -0.970. The van der Waals surface area contributed by atoms with Crippen LogP contribution in [0.1, 0.15) is 0 Å². The van der Waals surface area contributed by atoms with Crippen molar-refractivity contribution in [1.29, 1.82) is 0 Å². The minimum atomic E-state index is -2.93. The SMILES string of the molecule is O=CO[C@@]1(OC2(CO)O[C@H](CO)[C@@H](O)[C@@H]2O)O[C@H](CO)[C@@H](O)[C@H](O)[C@H]1O. The van der Waals surface area contributed by atoms with E-state index in [1.54, 1.807) is 0 Å². The first-order chi connectivity index (χ1) is 12.2. The molecule has 2 heterocycles. The molecule has 0 bridgehead atoms. The van der Waals surface area contributed by atoms with Gasteiger partial charge in [0.2, 0.25) is 5.79 Å². The van der Waals surface area contributed by atoms with Crippen LogP contribution in [0.5, 0.6) is 0 Å². The number of rotatable bonds is 7. The van der Waals surface area contributed by atoms with Crippen LogP contribution >= 0.6 is 0 Å². The quantitative estimate of drug-likeness (QED) is 0.151. The van der Waals surface area contributed by atoms with E-state index >= 15 is 0 Å². The molecule has 13 nitrogen and oxygen atoms in total. The minimum Gasteiger partial charge on any atom is -0.408 e. The molecule has 0 aromatic heterocycles. The molecule has 0 spiro atoms. The molecule has 9 atom stereocenters. The van der Waals surface area contributed by atoms with Gasteiger partial charge in [0.1, 0.15) is 43.2 Å². The zero-order valence-corrected chi connectivity index (χ0v) is 13.4. The van der Waals surface area contributed by atoms with Gasteiger partial charge in [-0.15, -0.1) is 0 Å². The molecule has 0 aromatic rings. The number of hydrogen-bond acceptors (Lipinski definition) is 13. The summed E-state index contributed by atoms with van der Waals surface area (Å²) in [5.41, 5.74) is 0. The summed E-state index contributed by atoms with van der Waals surface area (Å²) in [6.07, 6.45) is -12.8. The lowest BCUT2D eigenvalue weighted by atomic mass is 9.97. The lowest BCUT2D eigenvalue weighted by Gasteiger charge is -2.48. The fourth-order valence-electron chi connectivity index (χ4n) is 2.88. The molecule has 0 aromatic carbocycles. The molecule has 2 aliphatic rings. The number of aliphatic hydroxyl groups excluding tert-OH is 8. The average Bonchev–Trinajstić information content (AvgIpc) is 2.88. The van der Waals surface area contributed by atoms with Gasteiger partial charge in [0, 0.05) is 0 Å². The van der Waals surface area contributed by atoms with Crippen LogP contribution in [-0.4, -0.2) is 122 Å². The molecule has 1 unspecified atom stereocenters. The number of aliphatic hydroxyl groups is 8. The van der Waals surface area contributed by atoms with Crippen molar-refractivity contribution in [3.8, 4) is 0 Å². The molecule has 26 heavy (non-hydrogen) atoms. The summed E-state index contributed by atoms with van der Waals surface area (Å²) < 4.78 is 19.9. The topological polar surface area (TPSA) is 216 Å². The molecule has 0 amide bonds. The van der Waals surface area contributed by atoms with Gasteiger partial charge < -0.3 is 55.1 Å². The molecular formula is C13H22O13. The molecule has 8 N–H and O–H groups in total. The van der Waals surface area contributed by atoms with Crippen molar-refractivity contribution in [1.82, 2.24) is 0 Å². The standard InChI is InChI=1S/C13H22O13/c14-1-5-7(18)9(20)11(22)13(25-5,23-4-17)26-12(3-16)10(21)8(19)6(2-15)24-12/h4-11,14-16,18-22H,1-3H2/t5-,6-,7-,8-,9+,10+,11-,12?,13-/m1/s1. The van der Waals surface area contributed by atoms with E-state index in [1.165, 1.54) is 0 Å². The first kappa shape index (κ1) is 21.3. The third-order valence-corrected chi connectivity index (χ3v) is 4.35. The molecule has 0 radical (unpaired) electrons. The van der Waals surface area contributed by atoms with Gasteiger partial charge in [-0.3, -0.25) is 9.53 Å². The maximum absolute atomic E-state index is 10.9. The van der Waals surface area contributed by atoms with Gasteiger partial charge in [0.05, 0.1) is 13.2 Å².